The monoisotopic (exact) mass is 442 g/mol. The van der Waals surface area contributed by atoms with E-state index in [1.165, 1.54) is 39.2 Å². The Morgan fingerprint density at radius 3 is 2.27 bits per heavy atom. The molecule has 0 bridgehead atoms. The molecule has 0 fully saturated rings. The lowest BCUT2D eigenvalue weighted by Crippen LogP contribution is -2.30. The average Bonchev–Trinajstić information content (AvgIpc) is 3.26. The molecule has 0 aliphatic heterocycles. The van der Waals surface area contributed by atoms with Crippen LogP contribution in [0.25, 0.3) is 11.4 Å². The summed E-state index contributed by atoms with van der Waals surface area (Å²) in [4.78, 5) is 19.2. The van der Waals surface area contributed by atoms with Crippen molar-refractivity contribution in [1.29, 1.82) is 0 Å². The Labute approximate surface area is 169 Å². The van der Waals surface area contributed by atoms with E-state index in [1.807, 2.05) is 0 Å². The lowest BCUT2D eigenvalue weighted by molar-refractivity contribution is 0.201. The van der Waals surface area contributed by atoms with Gasteiger partial charge in [0.2, 0.25) is 23.5 Å². The molecule has 3 aromatic rings. The summed E-state index contributed by atoms with van der Waals surface area (Å²) in [5.74, 6) is 0.964. The number of amides is 1. The number of nitrogens with two attached hydrogens (primary N) is 1. The van der Waals surface area contributed by atoms with Crippen LogP contribution in [0.15, 0.2) is 17.3 Å². The van der Waals surface area contributed by atoms with Gasteiger partial charge in [-0.25, -0.2) is 9.52 Å². The molecule has 1 amide bonds. The fourth-order valence-corrected chi connectivity index (χ4v) is 3.24. The van der Waals surface area contributed by atoms with Crippen LogP contribution in [0, 0.1) is 0 Å². The third-order valence-corrected chi connectivity index (χ3v) is 4.66. The zero-order valence-electron chi connectivity index (χ0n) is 16.2. The molecule has 0 saturated carbocycles. The average molecular weight is 442 g/mol. The van der Waals surface area contributed by atoms with E-state index in [9.17, 15) is 13.2 Å². The second kappa shape index (κ2) is 8.99. The molecule has 0 radical (unpaired) electrons. The number of hydrogen-bond donors (Lipinski definition) is 3. The molecular formula is C13H18N10O6S. The lowest BCUT2D eigenvalue weighted by atomic mass is 10.3. The Bertz CT molecular complexity index is 1120. The van der Waals surface area contributed by atoms with Crippen molar-refractivity contribution in [2.75, 3.05) is 20.0 Å². The van der Waals surface area contributed by atoms with Gasteiger partial charge in [0.15, 0.2) is 5.03 Å². The normalized spacial score (nSPS) is 10.7. The van der Waals surface area contributed by atoms with Gasteiger partial charge in [0.1, 0.15) is 0 Å². The molecule has 0 aromatic carbocycles. The van der Waals surface area contributed by atoms with Gasteiger partial charge in [-0.15, -0.1) is 10.2 Å². The van der Waals surface area contributed by atoms with Crippen molar-refractivity contribution >= 4 is 22.1 Å². The summed E-state index contributed by atoms with van der Waals surface area (Å²) in [5.41, 5.74) is 5.39. The number of aromatic nitrogens is 8. The fourth-order valence-electron chi connectivity index (χ4n) is 2.08. The quantitative estimate of drug-likeness (QED) is 0.416. The summed E-state index contributed by atoms with van der Waals surface area (Å²) in [6.45, 7) is 0. The van der Waals surface area contributed by atoms with Crippen molar-refractivity contribution in [3.63, 3.8) is 0 Å². The fraction of sp³-hybridized carbons (Fsp3) is 0.308. The van der Waals surface area contributed by atoms with Gasteiger partial charge < -0.3 is 20.3 Å². The maximum atomic E-state index is 11.9. The summed E-state index contributed by atoms with van der Waals surface area (Å²) >= 11 is 0. The second-order valence-corrected chi connectivity index (χ2v) is 6.91. The predicted molar refractivity (Wildman–Crippen MR) is 98.9 cm³/mol. The molecule has 3 rings (SSSR count). The summed E-state index contributed by atoms with van der Waals surface area (Å²) in [5, 5.41) is 23.0. The van der Waals surface area contributed by atoms with Gasteiger partial charge in [0, 0.05) is 7.05 Å². The van der Waals surface area contributed by atoms with E-state index in [2.05, 4.69) is 30.5 Å². The Morgan fingerprint density at radius 1 is 1.20 bits per heavy atom. The van der Waals surface area contributed by atoms with Gasteiger partial charge in [-0.05, 0) is 5.21 Å². The van der Waals surface area contributed by atoms with E-state index in [0.717, 1.165) is 9.48 Å². The van der Waals surface area contributed by atoms with E-state index in [1.54, 1.807) is 6.07 Å². The minimum atomic E-state index is -4.28. The van der Waals surface area contributed by atoms with Gasteiger partial charge in [0.05, 0.1) is 39.1 Å². The number of nitrogens with one attached hydrogen (secondary N) is 1. The maximum absolute atomic E-state index is 11.9. The summed E-state index contributed by atoms with van der Waals surface area (Å²) in [6, 6.07) is 1.55. The van der Waals surface area contributed by atoms with Crippen molar-refractivity contribution < 1.29 is 27.8 Å². The lowest BCUT2D eigenvalue weighted by Gasteiger charge is -2.05. The summed E-state index contributed by atoms with van der Waals surface area (Å²) < 4.78 is 35.9. The molecule has 162 valence electrons. The zero-order valence-corrected chi connectivity index (χ0v) is 17.0. The molecule has 4 N–H and O–H groups in total. The first kappa shape index (κ1) is 22.3. The third kappa shape index (κ3) is 5.28. The third-order valence-electron chi connectivity index (χ3n) is 3.22. The number of carbonyl (C=O) groups is 1. The number of methoxy groups -OCH3 is 2. The van der Waals surface area contributed by atoms with Crippen LogP contribution in [0.5, 0.6) is 11.8 Å². The molecule has 3 heterocycles. The molecule has 0 atom stereocenters. The SMILES string of the molecule is COc1cc(OC)nc(N)n1.Cn1nnc(-c2cnn(C)c2S(=O)(=O)NC(=O)O)n1. The van der Waals surface area contributed by atoms with Crippen LogP contribution in [0.4, 0.5) is 10.7 Å². The smallest absolute Gasteiger partial charge is 0.418 e. The van der Waals surface area contributed by atoms with Crippen molar-refractivity contribution in [1.82, 2.24) is 44.7 Å². The maximum Gasteiger partial charge on any atom is 0.418 e. The summed E-state index contributed by atoms with van der Waals surface area (Å²) in [7, 11) is 1.59. The highest BCUT2D eigenvalue weighted by Crippen LogP contribution is 2.23. The number of sulfonamides is 1. The number of anilines is 1. The van der Waals surface area contributed by atoms with Gasteiger partial charge in [0.25, 0.3) is 10.0 Å². The van der Waals surface area contributed by atoms with Crippen molar-refractivity contribution in [3.05, 3.63) is 12.3 Å². The molecule has 0 unspecified atom stereocenters. The van der Waals surface area contributed by atoms with Crippen LogP contribution in [0.2, 0.25) is 0 Å². The molecule has 30 heavy (non-hydrogen) atoms. The van der Waals surface area contributed by atoms with Crippen LogP contribution < -0.4 is 19.9 Å². The van der Waals surface area contributed by atoms with Crippen molar-refractivity contribution in [3.8, 4) is 23.1 Å². The number of nitrogen functional groups attached to an aromatic ring is 1. The molecule has 0 aliphatic rings. The van der Waals surface area contributed by atoms with Gasteiger partial charge in [-0.1, -0.05) is 0 Å². The standard InChI is InChI=1S/C7H9N7O4S.C6H9N3O2/c1-13-6(19(17,18)11-7(15)16)4(3-8-13)5-9-12-14(2)10-5;1-10-4-3-5(11-2)9-6(7)8-4/h3,11H,1-2H3,(H,15,16);3H,1-2H3,(H2,7,8,9). The zero-order chi connectivity index (χ0) is 22.5. The van der Waals surface area contributed by atoms with Crippen LogP contribution >= 0.6 is 0 Å². The van der Waals surface area contributed by atoms with Crippen LogP contribution in [0.3, 0.4) is 0 Å². The highest BCUT2D eigenvalue weighted by molar-refractivity contribution is 7.90. The van der Waals surface area contributed by atoms with Gasteiger partial charge in [-0.2, -0.15) is 28.3 Å². The molecule has 3 aromatic heterocycles. The minimum Gasteiger partial charge on any atom is -0.481 e. The van der Waals surface area contributed by atoms with Crippen molar-refractivity contribution in [2.45, 2.75) is 5.03 Å². The van der Waals surface area contributed by atoms with Crippen LogP contribution in [0.1, 0.15) is 0 Å². The highest BCUT2D eigenvalue weighted by atomic mass is 32.2. The molecule has 0 aliphatic carbocycles. The topological polar surface area (TPSA) is 215 Å². The number of ether oxygens (including phenoxy) is 2. The Hall–Kier alpha value is -4.02. The largest absolute Gasteiger partial charge is 0.481 e. The number of hydrogen-bond acceptors (Lipinski definition) is 12. The van der Waals surface area contributed by atoms with Crippen LogP contribution in [-0.2, 0) is 24.1 Å². The van der Waals surface area contributed by atoms with Gasteiger partial charge in [-0.3, -0.25) is 4.68 Å². The number of rotatable bonds is 5. The van der Waals surface area contributed by atoms with Crippen LogP contribution in [-0.4, -0.2) is 73.8 Å². The van der Waals surface area contributed by atoms with Gasteiger partial charge >= 0.3 is 6.09 Å². The number of tetrazole rings is 1. The molecule has 0 spiro atoms. The molecule has 17 heteroatoms. The number of carboxylic acid groups (broad SMARTS) is 1. The van der Waals surface area contributed by atoms with E-state index in [-0.39, 0.29) is 22.4 Å². The molecule has 16 nitrogen and oxygen atoms in total. The minimum absolute atomic E-state index is 0.0290. The second-order valence-electron chi connectivity index (χ2n) is 5.31. The van der Waals surface area contributed by atoms with Crippen molar-refractivity contribution in [2.24, 2.45) is 14.1 Å². The summed E-state index contributed by atoms with van der Waals surface area (Å²) in [6.07, 6.45) is -0.479. The number of aryl methyl sites for hydroxylation is 2. The molecular weight excluding hydrogens is 424 g/mol. The predicted octanol–water partition coefficient (Wildman–Crippen LogP) is -1.36. The Kier molecular flexibility index (Phi) is 6.67. The molecule has 0 saturated heterocycles. The first-order valence-corrected chi connectivity index (χ1v) is 9.30. The highest BCUT2D eigenvalue weighted by Gasteiger charge is 2.28. The van der Waals surface area contributed by atoms with E-state index >= 15 is 0 Å². The first-order chi connectivity index (χ1) is 14.1. The Morgan fingerprint density at radius 2 is 1.80 bits per heavy atom. The van der Waals surface area contributed by atoms with E-state index in [0.29, 0.717) is 11.8 Å². The Balaban J connectivity index is 0.000000248. The first-order valence-electron chi connectivity index (χ1n) is 7.82. The van der Waals surface area contributed by atoms with E-state index < -0.39 is 16.1 Å². The van der Waals surface area contributed by atoms with E-state index in [4.69, 9.17) is 20.3 Å². The number of nitrogens with zero attached hydrogens (tertiary/aromatic N) is 8.